The lowest BCUT2D eigenvalue weighted by Crippen LogP contribution is -2.31. The molecule has 0 aromatic rings. The molecule has 116 valence electrons. The Morgan fingerprint density at radius 2 is 1.57 bits per heavy atom. The van der Waals surface area contributed by atoms with E-state index in [1.807, 2.05) is 0 Å². The maximum atomic E-state index is 11.2. The number of hydrogen-bond acceptors (Lipinski definition) is 4. The fourth-order valence-corrected chi connectivity index (χ4v) is 2.69. The van der Waals surface area contributed by atoms with Gasteiger partial charge in [0.05, 0.1) is 24.7 Å². The Kier molecular flexibility index (Phi) is 5.45. The van der Waals surface area contributed by atoms with Crippen LogP contribution in [0.15, 0.2) is 11.6 Å². The van der Waals surface area contributed by atoms with Crippen LogP contribution in [-0.4, -0.2) is 44.3 Å². The maximum Gasteiger partial charge on any atom is 0.311 e. The lowest BCUT2D eigenvalue weighted by atomic mass is 9.78. The quantitative estimate of drug-likeness (QED) is 0.478. The van der Waals surface area contributed by atoms with Crippen molar-refractivity contribution < 1.29 is 39.6 Å². The molecule has 0 heterocycles. The van der Waals surface area contributed by atoms with Crippen LogP contribution >= 0.6 is 0 Å². The largest absolute Gasteiger partial charge is 0.481 e. The summed E-state index contributed by atoms with van der Waals surface area (Å²) in [7, 11) is 0. The highest BCUT2D eigenvalue weighted by atomic mass is 16.4. The highest BCUT2D eigenvalue weighted by Gasteiger charge is 2.40. The average Bonchev–Trinajstić information content (AvgIpc) is 2.80. The van der Waals surface area contributed by atoms with E-state index in [1.54, 1.807) is 0 Å². The summed E-state index contributed by atoms with van der Waals surface area (Å²) in [4.78, 5) is 44.0. The fraction of sp³-hybridized carbons (Fsp3) is 0.538. The zero-order valence-corrected chi connectivity index (χ0v) is 11.1. The van der Waals surface area contributed by atoms with Crippen molar-refractivity contribution in [3.63, 3.8) is 0 Å². The van der Waals surface area contributed by atoms with E-state index in [9.17, 15) is 19.2 Å². The monoisotopic (exact) mass is 300 g/mol. The van der Waals surface area contributed by atoms with Gasteiger partial charge in [-0.25, -0.2) is 0 Å². The molecular formula is C13H16O8. The number of rotatable bonds is 8. The first kappa shape index (κ1) is 16.7. The number of carbonyl (C=O) groups is 4. The summed E-state index contributed by atoms with van der Waals surface area (Å²) >= 11 is 0. The third-order valence-corrected chi connectivity index (χ3v) is 3.56. The van der Waals surface area contributed by atoms with Crippen molar-refractivity contribution in [1.29, 1.82) is 0 Å². The van der Waals surface area contributed by atoms with Crippen LogP contribution in [0.1, 0.15) is 25.7 Å². The molecule has 0 amide bonds. The van der Waals surface area contributed by atoms with Crippen molar-refractivity contribution in [2.24, 2.45) is 17.8 Å². The molecule has 4 N–H and O–H groups in total. The second-order valence-electron chi connectivity index (χ2n) is 4.92. The summed E-state index contributed by atoms with van der Waals surface area (Å²) in [6, 6.07) is 0. The molecule has 0 aromatic carbocycles. The molecule has 8 heteroatoms. The highest BCUT2D eigenvalue weighted by molar-refractivity contribution is 5.82. The molecule has 0 radical (unpaired) electrons. The first-order valence-corrected chi connectivity index (χ1v) is 6.33. The Bertz CT molecular complexity index is 492. The summed E-state index contributed by atoms with van der Waals surface area (Å²) in [5.74, 6) is -8.63. The maximum absolute atomic E-state index is 11.2. The van der Waals surface area contributed by atoms with Gasteiger partial charge >= 0.3 is 23.9 Å². The molecule has 1 aliphatic rings. The number of aliphatic carboxylic acids is 4. The number of allylic oxidation sites excluding steroid dienone is 1. The molecule has 0 spiro atoms. The summed E-state index contributed by atoms with van der Waals surface area (Å²) < 4.78 is 0. The Labute approximate surface area is 119 Å². The zero-order valence-electron chi connectivity index (χ0n) is 11.1. The minimum Gasteiger partial charge on any atom is -0.481 e. The van der Waals surface area contributed by atoms with Gasteiger partial charge in [-0.3, -0.25) is 19.2 Å². The van der Waals surface area contributed by atoms with E-state index in [0.717, 1.165) is 0 Å². The van der Waals surface area contributed by atoms with Gasteiger partial charge in [0, 0.05) is 0 Å². The third-order valence-electron chi connectivity index (χ3n) is 3.56. The first-order valence-electron chi connectivity index (χ1n) is 6.33. The molecule has 0 saturated heterocycles. The van der Waals surface area contributed by atoms with Gasteiger partial charge in [-0.15, -0.1) is 0 Å². The van der Waals surface area contributed by atoms with E-state index < -0.39 is 54.5 Å². The lowest BCUT2D eigenvalue weighted by Gasteiger charge is -2.24. The summed E-state index contributed by atoms with van der Waals surface area (Å²) in [6.07, 6.45) is 0.952. The van der Waals surface area contributed by atoms with E-state index in [4.69, 9.17) is 20.4 Å². The lowest BCUT2D eigenvalue weighted by molar-refractivity contribution is -0.150. The van der Waals surface area contributed by atoms with Crippen LogP contribution in [0.25, 0.3) is 0 Å². The van der Waals surface area contributed by atoms with Crippen LogP contribution < -0.4 is 0 Å². The van der Waals surface area contributed by atoms with Crippen molar-refractivity contribution in [2.75, 3.05) is 0 Å². The Morgan fingerprint density at radius 1 is 1.00 bits per heavy atom. The molecule has 21 heavy (non-hydrogen) atoms. The molecule has 1 aliphatic carbocycles. The van der Waals surface area contributed by atoms with Gasteiger partial charge in [-0.05, 0) is 18.8 Å². The second kappa shape index (κ2) is 6.87. The van der Waals surface area contributed by atoms with Crippen molar-refractivity contribution in [2.45, 2.75) is 25.7 Å². The van der Waals surface area contributed by atoms with Crippen molar-refractivity contribution in [3.05, 3.63) is 11.6 Å². The molecule has 0 bridgehead atoms. The normalized spacial score (nSPS) is 20.4. The summed E-state index contributed by atoms with van der Waals surface area (Å²) in [6.45, 7) is 0. The van der Waals surface area contributed by atoms with Crippen LogP contribution in [-0.2, 0) is 19.2 Å². The van der Waals surface area contributed by atoms with E-state index in [2.05, 4.69) is 0 Å². The molecule has 0 aromatic heterocycles. The van der Waals surface area contributed by atoms with E-state index in [1.165, 1.54) is 6.08 Å². The van der Waals surface area contributed by atoms with Gasteiger partial charge in [0.2, 0.25) is 0 Å². The molecular weight excluding hydrogens is 284 g/mol. The standard InChI is InChI=1S/C13H16O8/c14-10(15)4-8(12(18)19)6-2-1-3-7(6)9(13(20)21)5-11(16)17/h2,7-9H,1,3-5H2,(H,14,15)(H,16,17)(H,18,19)(H,20,21). The fourth-order valence-electron chi connectivity index (χ4n) is 2.69. The first-order chi connectivity index (χ1) is 9.73. The van der Waals surface area contributed by atoms with Gasteiger partial charge in [0.15, 0.2) is 0 Å². The van der Waals surface area contributed by atoms with Crippen LogP contribution in [0.4, 0.5) is 0 Å². The smallest absolute Gasteiger partial charge is 0.311 e. The molecule has 0 aliphatic heterocycles. The number of carboxylic acid groups (broad SMARTS) is 4. The molecule has 0 saturated carbocycles. The minimum absolute atomic E-state index is 0.207. The molecule has 0 fully saturated rings. The molecule has 1 rings (SSSR count). The van der Waals surface area contributed by atoms with Gasteiger partial charge in [-0.1, -0.05) is 11.6 Å². The SMILES string of the molecule is O=C(O)CC(C(=O)O)C1=CCCC1C(CC(=O)O)C(=O)O. The van der Waals surface area contributed by atoms with Crippen LogP contribution in [0.5, 0.6) is 0 Å². The molecule has 3 atom stereocenters. The zero-order chi connectivity index (χ0) is 16.2. The van der Waals surface area contributed by atoms with Gasteiger partial charge in [0.25, 0.3) is 0 Å². The van der Waals surface area contributed by atoms with Gasteiger partial charge in [-0.2, -0.15) is 0 Å². The van der Waals surface area contributed by atoms with Crippen LogP contribution in [0.3, 0.4) is 0 Å². The predicted molar refractivity (Wildman–Crippen MR) is 67.6 cm³/mol. The topological polar surface area (TPSA) is 149 Å². The number of hydrogen-bond donors (Lipinski definition) is 4. The molecule has 3 unspecified atom stereocenters. The van der Waals surface area contributed by atoms with E-state index >= 15 is 0 Å². The minimum atomic E-state index is -1.35. The van der Waals surface area contributed by atoms with Gasteiger partial charge in [0.1, 0.15) is 0 Å². The van der Waals surface area contributed by atoms with Crippen molar-refractivity contribution in [1.82, 2.24) is 0 Å². The highest BCUT2D eigenvalue weighted by Crippen LogP contribution is 2.39. The van der Waals surface area contributed by atoms with E-state index in [0.29, 0.717) is 12.8 Å². The van der Waals surface area contributed by atoms with Crippen LogP contribution in [0, 0.1) is 17.8 Å². The summed E-state index contributed by atoms with van der Waals surface area (Å²) in [5.41, 5.74) is 0.207. The Hall–Kier alpha value is -2.38. The summed E-state index contributed by atoms with van der Waals surface area (Å²) in [5, 5.41) is 35.8. The van der Waals surface area contributed by atoms with Crippen LogP contribution in [0.2, 0.25) is 0 Å². The Morgan fingerprint density at radius 3 is 2.00 bits per heavy atom. The average molecular weight is 300 g/mol. The number of carboxylic acids is 4. The third kappa shape index (κ3) is 4.30. The van der Waals surface area contributed by atoms with Crippen molar-refractivity contribution >= 4 is 23.9 Å². The Balaban J connectivity index is 3.04. The van der Waals surface area contributed by atoms with Gasteiger partial charge < -0.3 is 20.4 Å². The molecule has 8 nitrogen and oxygen atoms in total. The van der Waals surface area contributed by atoms with Crippen molar-refractivity contribution in [3.8, 4) is 0 Å². The van der Waals surface area contributed by atoms with E-state index in [-0.39, 0.29) is 5.57 Å². The predicted octanol–water partition coefficient (Wildman–Crippen LogP) is 0.674. The second-order valence-corrected chi connectivity index (χ2v) is 4.92.